The molecule has 18 heavy (non-hydrogen) atoms. The van der Waals surface area contributed by atoms with E-state index in [9.17, 15) is 19.5 Å². The van der Waals surface area contributed by atoms with Crippen LogP contribution in [0.15, 0.2) is 0 Å². The van der Waals surface area contributed by atoms with Crippen molar-refractivity contribution >= 4 is 17.8 Å². The number of hydrogen-bond donors (Lipinski definition) is 2. The molecule has 1 unspecified atom stereocenters. The van der Waals surface area contributed by atoms with Crippen molar-refractivity contribution in [2.45, 2.75) is 51.6 Å². The second kappa shape index (κ2) is 5.84. The maximum absolute atomic E-state index is 11.9. The number of amides is 2. The van der Waals surface area contributed by atoms with E-state index < -0.39 is 24.0 Å². The van der Waals surface area contributed by atoms with Crippen LogP contribution in [0.5, 0.6) is 0 Å². The first-order valence-electron chi connectivity index (χ1n) is 6.27. The van der Waals surface area contributed by atoms with Gasteiger partial charge in [0.05, 0.1) is 0 Å². The summed E-state index contributed by atoms with van der Waals surface area (Å²) < 4.78 is 0. The predicted molar refractivity (Wildman–Crippen MR) is 64.6 cm³/mol. The second-order valence-electron chi connectivity index (χ2n) is 4.66. The lowest BCUT2D eigenvalue weighted by atomic mass is 9.94. The number of carbonyl (C=O) groups excluding carboxylic acids is 2. The van der Waals surface area contributed by atoms with Crippen LogP contribution in [0, 0.1) is 5.92 Å². The van der Waals surface area contributed by atoms with Crippen LogP contribution in [-0.2, 0) is 14.4 Å². The minimum absolute atomic E-state index is 0.189. The fraction of sp³-hybridized carbons (Fsp3) is 0.750. The number of nitrogens with zero attached hydrogens (tertiary/aromatic N) is 1. The normalized spacial score (nSPS) is 25.2. The highest BCUT2D eigenvalue weighted by Crippen LogP contribution is 2.31. The molecule has 1 heterocycles. The van der Waals surface area contributed by atoms with Crippen molar-refractivity contribution in [1.82, 2.24) is 4.90 Å². The summed E-state index contributed by atoms with van der Waals surface area (Å²) in [4.78, 5) is 35.8. The van der Waals surface area contributed by atoms with Gasteiger partial charge in [0.25, 0.3) is 0 Å². The lowest BCUT2D eigenvalue weighted by Crippen LogP contribution is -2.52. The minimum Gasteiger partial charge on any atom is -0.480 e. The van der Waals surface area contributed by atoms with E-state index in [0.717, 1.165) is 6.42 Å². The van der Waals surface area contributed by atoms with Gasteiger partial charge in [0.1, 0.15) is 12.1 Å². The van der Waals surface area contributed by atoms with Gasteiger partial charge >= 0.3 is 5.97 Å². The van der Waals surface area contributed by atoms with E-state index in [2.05, 4.69) is 0 Å². The van der Waals surface area contributed by atoms with Crippen molar-refractivity contribution < 1.29 is 19.5 Å². The highest BCUT2D eigenvalue weighted by molar-refractivity contribution is 5.93. The molecule has 1 aliphatic heterocycles. The monoisotopic (exact) mass is 256 g/mol. The van der Waals surface area contributed by atoms with Crippen LogP contribution in [-0.4, -0.2) is 39.9 Å². The Kier molecular flexibility index (Phi) is 4.69. The smallest absolute Gasteiger partial charge is 0.326 e. The Hall–Kier alpha value is -1.59. The Labute approximate surface area is 106 Å². The van der Waals surface area contributed by atoms with Crippen LogP contribution in [0.1, 0.15) is 39.5 Å². The van der Waals surface area contributed by atoms with Gasteiger partial charge in [0, 0.05) is 6.42 Å². The maximum atomic E-state index is 11.9. The van der Waals surface area contributed by atoms with Gasteiger partial charge in [-0.2, -0.15) is 0 Å². The van der Waals surface area contributed by atoms with E-state index in [4.69, 9.17) is 5.73 Å². The van der Waals surface area contributed by atoms with E-state index in [1.165, 1.54) is 4.90 Å². The molecular formula is C12H20N2O4. The number of carbonyl (C=O) groups is 3. The lowest BCUT2D eigenvalue weighted by molar-refractivity contribution is -0.150. The largest absolute Gasteiger partial charge is 0.480 e. The Bertz CT molecular complexity index is 356. The third-order valence-electron chi connectivity index (χ3n) is 3.43. The van der Waals surface area contributed by atoms with Crippen molar-refractivity contribution in [2.24, 2.45) is 11.7 Å². The number of carboxylic acids is 1. The van der Waals surface area contributed by atoms with Crippen LogP contribution >= 0.6 is 0 Å². The maximum Gasteiger partial charge on any atom is 0.326 e. The van der Waals surface area contributed by atoms with Gasteiger partial charge in [-0.1, -0.05) is 20.3 Å². The molecule has 0 aromatic heterocycles. The first-order valence-corrected chi connectivity index (χ1v) is 6.27. The first-order chi connectivity index (χ1) is 8.43. The molecule has 1 aliphatic rings. The summed E-state index contributed by atoms with van der Waals surface area (Å²) in [6, 6.07) is -1.74. The molecule has 0 aliphatic carbocycles. The summed E-state index contributed by atoms with van der Waals surface area (Å²) >= 11 is 0. The van der Waals surface area contributed by atoms with Crippen LogP contribution in [0.25, 0.3) is 0 Å². The highest BCUT2D eigenvalue weighted by Gasteiger charge is 2.47. The summed E-state index contributed by atoms with van der Waals surface area (Å²) in [5.74, 6) is -2.21. The van der Waals surface area contributed by atoms with E-state index in [0.29, 0.717) is 12.8 Å². The van der Waals surface area contributed by atoms with E-state index in [-0.39, 0.29) is 18.2 Å². The fourth-order valence-corrected chi connectivity index (χ4v) is 2.68. The molecule has 2 amide bonds. The molecule has 0 saturated carbocycles. The summed E-state index contributed by atoms with van der Waals surface area (Å²) in [6.45, 7) is 3.66. The first kappa shape index (κ1) is 14.5. The van der Waals surface area contributed by atoms with Gasteiger partial charge in [-0.05, 0) is 18.8 Å². The summed E-state index contributed by atoms with van der Waals surface area (Å²) in [5, 5.41) is 9.28. The lowest BCUT2D eigenvalue weighted by Gasteiger charge is -2.30. The topological polar surface area (TPSA) is 101 Å². The van der Waals surface area contributed by atoms with Crippen molar-refractivity contribution in [3.05, 3.63) is 0 Å². The average molecular weight is 256 g/mol. The zero-order valence-corrected chi connectivity index (χ0v) is 10.8. The molecular weight excluding hydrogens is 236 g/mol. The SMILES string of the molecule is CCC[C@@H]1CC(=O)N([C@@H](CC)C(N)=O)C1C(=O)O. The fourth-order valence-electron chi connectivity index (χ4n) is 2.68. The third-order valence-corrected chi connectivity index (χ3v) is 3.43. The van der Waals surface area contributed by atoms with Crippen LogP contribution < -0.4 is 5.73 Å². The quantitative estimate of drug-likeness (QED) is 0.716. The van der Waals surface area contributed by atoms with Crippen molar-refractivity contribution in [1.29, 1.82) is 0 Å². The number of likely N-dealkylation sites (tertiary alicyclic amines) is 1. The number of carboxylic acid groups (broad SMARTS) is 1. The Morgan fingerprint density at radius 1 is 1.50 bits per heavy atom. The number of primary amides is 1. The molecule has 0 radical (unpaired) electrons. The molecule has 1 saturated heterocycles. The van der Waals surface area contributed by atoms with E-state index >= 15 is 0 Å². The van der Waals surface area contributed by atoms with Gasteiger partial charge in [-0.15, -0.1) is 0 Å². The number of hydrogen-bond acceptors (Lipinski definition) is 3. The Morgan fingerprint density at radius 2 is 2.11 bits per heavy atom. The number of rotatable bonds is 6. The minimum atomic E-state index is -1.06. The standard InChI is InChI=1S/C12H20N2O4/c1-3-5-7-6-9(15)14(10(7)12(17)18)8(4-2)11(13)16/h7-8,10H,3-6H2,1-2H3,(H2,13,16)(H,17,18)/t7-,8+,10?/m1/s1. The molecule has 1 fully saturated rings. The Balaban J connectivity index is 3.03. The highest BCUT2D eigenvalue weighted by atomic mass is 16.4. The molecule has 0 aromatic carbocycles. The zero-order chi connectivity index (χ0) is 13.9. The van der Waals surface area contributed by atoms with Crippen LogP contribution in [0.2, 0.25) is 0 Å². The predicted octanol–water partition coefficient (Wildman–Crippen LogP) is 0.352. The van der Waals surface area contributed by atoms with Crippen molar-refractivity contribution in [2.75, 3.05) is 0 Å². The Morgan fingerprint density at radius 3 is 2.50 bits per heavy atom. The molecule has 6 nitrogen and oxygen atoms in total. The summed E-state index contributed by atoms with van der Waals surface area (Å²) in [6.07, 6.45) is 2.00. The van der Waals surface area contributed by atoms with Gasteiger partial charge in [-0.25, -0.2) is 4.79 Å². The van der Waals surface area contributed by atoms with Gasteiger partial charge in [0.2, 0.25) is 11.8 Å². The zero-order valence-electron chi connectivity index (χ0n) is 10.8. The van der Waals surface area contributed by atoms with E-state index in [1.54, 1.807) is 6.92 Å². The van der Waals surface area contributed by atoms with E-state index in [1.807, 2.05) is 6.92 Å². The summed E-state index contributed by atoms with van der Waals surface area (Å²) in [5.41, 5.74) is 5.25. The van der Waals surface area contributed by atoms with Crippen LogP contribution in [0.4, 0.5) is 0 Å². The molecule has 0 bridgehead atoms. The van der Waals surface area contributed by atoms with Crippen molar-refractivity contribution in [3.63, 3.8) is 0 Å². The molecule has 0 spiro atoms. The molecule has 1 rings (SSSR count). The molecule has 102 valence electrons. The second-order valence-corrected chi connectivity index (χ2v) is 4.66. The number of nitrogens with two attached hydrogens (primary N) is 1. The molecule has 6 heteroatoms. The molecule has 0 aromatic rings. The van der Waals surface area contributed by atoms with Crippen molar-refractivity contribution in [3.8, 4) is 0 Å². The number of aliphatic carboxylic acids is 1. The molecule has 3 N–H and O–H groups in total. The molecule has 3 atom stereocenters. The van der Waals surface area contributed by atoms with Gasteiger partial charge < -0.3 is 15.7 Å². The average Bonchev–Trinajstić information content (AvgIpc) is 2.57. The van der Waals surface area contributed by atoms with Crippen LogP contribution in [0.3, 0.4) is 0 Å². The van der Waals surface area contributed by atoms with Gasteiger partial charge in [-0.3, -0.25) is 9.59 Å². The third kappa shape index (κ3) is 2.63. The summed E-state index contributed by atoms with van der Waals surface area (Å²) in [7, 11) is 0. The van der Waals surface area contributed by atoms with Gasteiger partial charge in [0.15, 0.2) is 0 Å².